The van der Waals surface area contributed by atoms with Crippen LogP contribution in [-0.2, 0) is 32.1 Å². The van der Waals surface area contributed by atoms with E-state index in [4.69, 9.17) is 11.2 Å². The van der Waals surface area contributed by atoms with Gasteiger partial charge in [-0.2, -0.15) is 5.10 Å². The first kappa shape index (κ1) is 14.4. The highest BCUT2D eigenvalue weighted by Crippen LogP contribution is 2.37. The second kappa shape index (κ2) is 5.78. The molecule has 3 atom stereocenters. The summed E-state index contributed by atoms with van der Waals surface area (Å²) >= 11 is 5.44. The van der Waals surface area contributed by atoms with Crippen LogP contribution in [0.1, 0.15) is 48.9 Å². The first-order valence-electron chi connectivity index (χ1n) is 7.96. The third kappa shape index (κ3) is 2.84. The van der Waals surface area contributed by atoms with Gasteiger partial charge in [0.15, 0.2) is 5.82 Å². The maximum Gasteiger partial charge on any atom is 0.152 e. The van der Waals surface area contributed by atoms with E-state index < -0.39 is 0 Å². The molecule has 5 heteroatoms. The molecule has 0 saturated heterocycles. The molecular weight excluding hydrogens is 310 g/mol. The van der Waals surface area contributed by atoms with Crippen LogP contribution in [0.3, 0.4) is 0 Å². The quantitative estimate of drug-likeness (QED) is 0.887. The second-order valence-electron chi connectivity index (χ2n) is 6.66. The molecular formula is C17H21N3S2. The summed E-state index contributed by atoms with van der Waals surface area (Å²) in [5.74, 6) is 4.53. The van der Waals surface area contributed by atoms with Crippen LogP contribution < -0.4 is 5.32 Å². The minimum atomic E-state index is 0.109. The predicted octanol–water partition coefficient (Wildman–Crippen LogP) is 4.15. The van der Waals surface area contributed by atoms with E-state index in [-0.39, 0.29) is 9.45 Å². The summed E-state index contributed by atoms with van der Waals surface area (Å²) < 4.78 is 0. The lowest BCUT2D eigenvalue weighted by Crippen LogP contribution is -1.93. The number of H-pyrrole nitrogens is 1. The summed E-state index contributed by atoms with van der Waals surface area (Å²) in [5.41, 5.74) is 5.22. The fourth-order valence-corrected chi connectivity index (χ4v) is 5.73. The van der Waals surface area contributed by atoms with Gasteiger partial charge < -0.3 is 5.32 Å². The molecule has 1 saturated carbocycles. The molecule has 2 aliphatic rings. The molecule has 0 bridgehead atoms. The molecule has 1 aromatic heterocycles. The molecule has 22 heavy (non-hydrogen) atoms. The summed E-state index contributed by atoms with van der Waals surface area (Å²) in [6.07, 6.45) is 3.89. The molecule has 3 unspecified atom stereocenters. The van der Waals surface area contributed by atoms with Crippen molar-refractivity contribution in [3.8, 4) is 0 Å². The zero-order valence-electron chi connectivity index (χ0n) is 12.8. The van der Waals surface area contributed by atoms with Crippen LogP contribution in [0.4, 0.5) is 11.5 Å². The first-order chi connectivity index (χ1) is 10.7. The average Bonchev–Trinajstić information content (AvgIpc) is 3.17. The smallest absolute Gasteiger partial charge is 0.152 e. The zero-order valence-corrected chi connectivity index (χ0v) is 14.4. The predicted molar refractivity (Wildman–Crippen MR) is 96.2 cm³/mol. The molecule has 0 amide bonds. The first-order valence-corrected chi connectivity index (χ1v) is 10.5. The fraction of sp³-hybridized carbons (Fsp3) is 0.471. The van der Waals surface area contributed by atoms with E-state index in [1.54, 1.807) is 0 Å². The molecule has 1 fully saturated rings. The summed E-state index contributed by atoms with van der Waals surface area (Å²) in [4.78, 5) is 0. The molecule has 0 radical (unpaired) electrons. The Kier molecular flexibility index (Phi) is 3.78. The number of hydrogen-bond donors (Lipinski definition) is 2. The van der Waals surface area contributed by atoms with Gasteiger partial charge in [-0.05, 0) is 42.0 Å². The number of anilines is 2. The van der Waals surface area contributed by atoms with Crippen molar-refractivity contribution in [1.29, 1.82) is 0 Å². The lowest BCUT2D eigenvalue weighted by molar-refractivity contribution is 0.591. The molecule has 1 aromatic carbocycles. The molecule has 4 rings (SSSR count). The second-order valence-corrected chi connectivity index (χ2v) is 9.53. The number of rotatable bonds is 3. The molecule has 0 spiro atoms. The van der Waals surface area contributed by atoms with E-state index in [0.29, 0.717) is 5.92 Å². The van der Waals surface area contributed by atoms with Crippen LogP contribution in [0.2, 0.25) is 0 Å². The molecule has 3 nitrogen and oxygen atoms in total. The number of aromatic amines is 1. The Morgan fingerprint density at radius 1 is 1.23 bits per heavy atom. The summed E-state index contributed by atoms with van der Waals surface area (Å²) in [6, 6.07) is 8.76. The molecule has 2 aromatic rings. The maximum absolute atomic E-state index is 5.44. The molecule has 1 aliphatic carbocycles. The van der Waals surface area contributed by atoms with Crippen LogP contribution in [0.5, 0.6) is 0 Å². The molecule has 1 aliphatic heterocycles. The van der Waals surface area contributed by atoms with Gasteiger partial charge in [-0.15, -0.1) is 9.45 Å². The van der Waals surface area contributed by atoms with Crippen LogP contribution in [0, 0.1) is 5.92 Å². The van der Waals surface area contributed by atoms with E-state index in [1.807, 2.05) is 0 Å². The van der Waals surface area contributed by atoms with Crippen molar-refractivity contribution in [1.82, 2.24) is 10.2 Å². The van der Waals surface area contributed by atoms with Crippen LogP contribution >= 0.6 is 0 Å². The molecule has 116 valence electrons. The highest BCUT2D eigenvalue weighted by atomic mass is 32.8. The van der Waals surface area contributed by atoms with Crippen molar-refractivity contribution in [3.63, 3.8) is 0 Å². The van der Waals surface area contributed by atoms with Crippen molar-refractivity contribution in [2.45, 2.75) is 43.6 Å². The number of nitrogens with one attached hydrogen (secondary N) is 2. The largest absolute Gasteiger partial charge is 0.339 e. The normalized spacial score (nSPS) is 27.0. The number of aromatic nitrogens is 2. The van der Waals surface area contributed by atoms with E-state index in [2.05, 4.69) is 46.7 Å². The SMILES string of the molecule is CC1CCC(c2cc(Nc3ccc4c(c3)CS(=S)C4)n[nH]2)C1. The Labute approximate surface area is 138 Å². The van der Waals surface area contributed by atoms with E-state index in [0.717, 1.165) is 28.9 Å². The molecule has 2 heterocycles. The van der Waals surface area contributed by atoms with Gasteiger partial charge in [0, 0.05) is 34.9 Å². The average molecular weight is 332 g/mol. The fourth-order valence-electron chi connectivity index (χ4n) is 3.62. The van der Waals surface area contributed by atoms with Gasteiger partial charge >= 0.3 is 0 Å². The Morgan fingerprint density at radius 2 is 2.09 bits per heavy atom. The summed E-state index contributed by atoms with van der Waals surface area (Å²) in [7, 11) is 0.109. The Balaban J connectivity index is 1.49. The summed E-state index contributed by atoms with van der Waals surface area (Å²) in [6.45, 7) is 2.34. The standard InChI is InChI=1S/C17H21N3S2/c1-11-2-3-12(6-11)16-8-17(20-19-16)18-15-5-4-13-9-22(21)10-14(13)7-15/h4-5,7-8,11-12H,2-3,6,9-10H2,1H3,(H2,18,19,20). The van der Waals surface area contributed by atoms with Gasteiger partial charge in [-0.1, -0.05) is 30.6 Å². The van der Waals surface area contributed by atoms with Gasteiger partial charge in [0.05, 0.1) is 0 Å². The van der Waals surface area contributed by atoms with E-state index in [1.165, 1.54) is 36.1 Å². The van der Waals surface area contributed by atoms with Gasteiger partial charge in [0.25, 0.3) is 0 Å². The highest BCUT2D eigenvalue weighted by Gasteiger charge is 2.24. The van der Waals surface area contributed by atoms with Crippen molar-refractivity contribution < 1.29 is 0 Å². The lowest BCUT2D eigenvalue weighted by atomic mass is 10.0. The highest BCUT2D eigenvalue weighted by molar-refractivity contribution is 8.28. The Bertz CT molecular complexity index is 722. The van der Waals surface area contributed by atoms with Crippen LogP contribution in [0.25, 0.3) is 0 Å². The maximum atomic E-state index is 5.44. The van der Waals surface area contributed by atoms with Crippen molar-refractivity contribution in [2.75, 3.05) is 5.32 Å². The van der Waals surface area contributed by atoms with Crippen LogP contribution in [0.15, 0.2) is 24.3 Å². The molecule has 2 N–H and O–H groups in total. The minimum Gasteiger partial charge on any atom is -0.339 e. The number of nitrogens with zero attached hydrogens (tertiary/aromatic N) is 1. The van der Waals surface area contributed by atoms with E-state index in [9.17, 15) is 0 Å². The van der Waals surface area contributed by atoms with E-state index >= 15 is 0 Å². The topological polar surface area (TPSA) is 40.7 Å². The summed E-state index contributed by atoms with van der Waals surface area (Å²) in [5, 5.41) is 11.1. The van der Waals surface area contributed by atoms with Gasteiger partial charge in [0.2, 0.25) is 0 Å². The number of benzene rings is 1. The number of hydrogen-bond acceptors (Lipinski definition) is 3. The van der Waals surface area contributed by atoms with Gasteiger partial charge in [-0.25, -0.2) is 0 Å². The number of fused-ring (bicyclic) bond motifs is 1. The van der Waals surface area contributed by atoms with Crippen molar-refractivity contribution in [2.24, 2.45) is 5.92 Å². The third-order valence-electron chi connectivity index (χ3n) is 4.84. The van der Waals surface area contributed by atoms with Crippen molar-refractivity contribution >= 4 is 32.1 Å². The van der Waals surface area contributed by atoms with Gasteiger partial charge in [-0.3, -0.25) is 5.10 Å². The zero-order chi connectivity index (χ0) is 15.1. The Hall–Kier alpha value is -1.20. The van der Waals surface area contributed by atoms with Crippen LogP contribution in [-0.4, -0.2) is 10.2 Å². The monoisotopic (exact) mass is 331 g/mol. The third-order valence-corrected chi connectivity index (χ3v) is 6.82. The lowest BCUT2D eigenvalue weighted by Gasteiger charge is -2.06. The Morgan fingerprint density at radius 3 is 2.91 bits per heavy atom. The van der Waals surface area contributed by atoms with Crippen molar-refractivity contribution in [3.05, 3.63) is 41.1 Å². The van der Waals surface area contributed by atoms with Gasteiger partial charge in [0.1, 0.15) is 0 Å². The minimum absolute atomic E-state index is 0.109.